The monoisotopic (exact) mass is 337 g/mol. The van der Waals surface area contributed by atoms with Gasteiger partial charge in [-0.3, -0.25) is 5.32 Å². The number of benzene rings is 3. The van der Waals surface area contributed by atoms with Gasteiger partial charge in [0.25, 0.3) is 0 Å². The first kappa shape index (κ1) is 16.1. The van der Waals surface area contributed by atoms with E-state index in [4.69, 9.17) is 16.3 Å². The van der Waals surface area contributed by atoms with Crippen molar-refractivity contribution in [2.75, 3.05) is 5.32 Å². The average Bonchev–Trinajstić information content (AvgIpc) is 2.60. The van der Waals surface area contributed by atoms with Gasteiger partial charge >= 0.3 is 6.09 Å². The smallest absolute Gasteiger partial charge is 0.410 e. The average molecular weight is 338 g/mol. The lowest BCUT2D eigenvalue weighted by Crippen LogP contribution is -2.17. The van der Waals surface area contributed by atoms with Crippen molar-refractivity contribution in [3.63, 3.8) is 0 Å². The first-order valence-corrected chi connectivity index (χ1v) is 7.91. The van der Waals surface area contributed by atoms with Crippen molar-refractivity contribution in [1.29, 1.82) is 0 Å². The molecule has 0 saturated heterocycles. The van der Waals surface area contributed by atoms with Crippen LogP contribution in [0.5, 0.6) is 5.75 Å². The first-order valence-electron chi connectivity index (χ1n) is 7.53. The fourth-order valence-electron chi connectivity index (χ4n) is 2.33. The Labute approximate surface area is 145 Å². The number of carbonyl (C=O) groups excluding carboxylic acids is 1. The summed E-state index contributed by atoms with van der Waals surface area (Å²) in [5.74, 6) is 0.479. The van der Waals surface area contributed by atoms with Gasteiger partial charge in [0.1, 0.15) is 5.75 Å². The Morgan fingerprint density at radius 3 is 2.25 bits per heavy atom. The highest BCUT2D eigenvalue weighted by atomic mass is 35.5. The van der Waals surface area contributed by atoms with Crippen LogP contribution in [0.15, 0.2) is 72.8 Å². The normalized spacial score (nSPS) is 10.2. The second kappa shape index (κ2) is 7.20. The molecule has 3 aromatic carbocycles. The van der Waals surface area contributed by atoms with Crippen molar-refractivity contribution in [3.8, 4) is 16.9 Å². The van der Waals surface area contributed by atoms with E-state index in [9.17, 15) is 4.79 Å². The molecular formula is C20H16ClNO2. The van der Waals surface area contributed by atoms with Crippen LogP contribution < -0.4 is 10.1 Å². The molecular weight excluding hydrogens is 322 g/mol. The molecule has 0 unspecified atom stereocenters. The van der Waals surface area contributed by atoms with Gasteiger partial charge in [0, 0.05) is 10.7 Å². The van der Waals surface area contributed by atoms with Crippen molar-refractivity contribution >= 4 is 23.4 Å². The number of hydrogen-bond acceptors (Lipinski definition) is 2. The lowest BCUT2D eigenvalue weighted by molar-refractivity contribution is 0.215. The molecule has 0 aromatic heterocycles. The van der Waals surface area contributed by atoms with Gasteiger partial charge < -0.3 is 4.74 Å². The number of hydrogen-bond donors (Lipinski definition) is 1. The number of halogens is 1. The van der Waals surface area contributed by atoms with Crippen molar-refractivity contribution in [2.45, 2.75) is 6.92 Å². The predicted molar refractivity (Wildman–Crippen MR) is 97.7 cm³/mol. The van der Waals surface area contributed by atoms with Crippen LogP contribution in [0.25, 0.3) is 11.1 Å². The molecule has 0 atom stereocenters. The van der Waals surface area contributed by atoms with E-state index in [2.05, 4.69) is 5.32 Å². The summed E-state index contributed by atoms with van der Waals surface area (Å²) in [7, 11) is 0. The zero-order chi connectivity index (χ0) is 16.9. The van der Waals surface area contributed by atoms with Gasteiger partial charge in [-0.2, -0.15) is 0 Å². The molecule has 0 spiro atoms. The number of nitrogens with one attached hydrogen (secondary N) is 1. The zero-order valence-corrected chi connectivity index (χ0v) is 13.9. The molecule has 0 fully saturated rings. The van der Waals surface area contributed by atoms with Crippen molar-refractivity contribution in [3.05, 3.63) is 83.4 Å². The minimum atomic E-state index is -0.548. The van der Waals surface area contributed by atoms with Gasteiger partial charge in [0.15, 0.2) is 0 Å². The van der Waals surface area contributed by atoms with Crippen LogP contribution >= 0.6 is 11.6 Å². The molecule has 120 valence electrons. The summed E-state index contributed by atoms with van der Waals surface area (Å²) in [4.78, 5) is 12.0. The summed E-state index contributed by atoms with van der Waals surface area (Å²) in [6.45, 7) is 1.84. The molecule has 0 radical (unpaired) electrons. The number of anilines is 1. The van der Waals surface area contributed by atoms with E-state index in [-0.39, 0.29) is 0 Å². The van der Waals surface area contributed by atoms with Crippen LogP contribution in [0, 0.1) is 6.92 Å². The van der Waals surface area contributed by atoms with Crippen LogP contribution in [-0.4, -0.2) is 6.09 Å². The maximum Gasteiger partial charge on any atom is 0.417 e. The van der Waals surface area contributed by atoms with E-state index in [1.54, 1.807) is 30.3 Å². The molecule has 4 heteroatoms. The SMILES string of the molecule is Cc1c(Cl)cccc1NC(=O)Oc1ccc(-c2ccccc2)cc1. The van der Waals surface area contributed by atoms with Crippen LogP contribution in [0.1, 0.15) is 5.56 Å². The maximum atomic E-state index is 12.0. The lowest BCUT2D eigenvalue weighted by atomic mass is 10.1. The Hall–Kier alpha value is -2.78. The molecule has 3 nitrogen and oxygen atoms in total. The molecule has 1 amide bonds. The van der Waals surface area contributed by atoms with E-state index in [1.165, 1.54) is 0 Å². The second-order valence-corrected chi connectivity index (χ2v) is 5.72. The number of carbonyl (C=O) groups is 1. The maximum absolute atomic E-state index is 12.0. The summed E-state index contributed by atoms with van der Waals surface area (Å²) >= 11 is 6.04. The van der Waals surface area contributed by atoms with Gasteiger partial charge in [-0.15, -0.1) is 0 Å². The number of amides is 1. The summed E-state index contributed by atoms with van der Waals surface area (Å²) in [5.41, 5.74) is 3.61. The van der Waals surface area contributed by atoms with E-state index >= 15 is 0 Å². The first-order chi connectivity index (χ1) is 11.6. The third kappa shape index (κ3) is 3.76. The molecule has 0 bridgehead atoms. The molecule has 0 saturated carbocycles. The summed E-state index contributed by atoms with van der Waals surface area (Å²) in [5, 5.41) is 3.30. The third-order valence-corrected chi connectivity index (χ3v) is 4.09. The largest absolute Gasteiger partial charge is 0.417 e. The van der Waals surface area contributed by atoms with Crippen molar-refractivity contribution in [1.82, 2.24) is 0 Å². The topological polar surface area (TPSA) is 38.3 Å². The quantitative estimate of drug-likeness (QED) is 0.643. The Balaban J connectivity index is 1.68. The molecule has 3 rings (SSSR count). The van der Waals surface area contributed by atoms with Gasteiger partial charge in [0.05, 0.1) is 0 Å². The van der Waals surface area contributed by atoms with Gasteiger partial charge in [0.2, 0.25) is 0 Å². The second-order valence-electron chi connectivity index (χ2n) is 5.32. The molecule has 0 aliphatic heterocycles. The van der Waals surface area contributed by atoms with Crippen LogP contribution in [0.4, 0.5) is 10.5 Å². The fraction of sp³-hybridized carbons (Fsp3) is 0.0500. The summed E-state index contributed by atoms with van der Waals surface area (Å²) in [6.07, 6.45) is -0.548. The molecule has 0 aliphatic carbocycles. The van der Waals surface area contributed by atoms with Crippen molar-refractivity contribution in [2.24, 2.45) is 0 Å². The molecule has 1 N–H and O–H groups in total. The Morgan fingerprint density at radius 1 is 0.875 bits per heavy atom. The van der Waals surface area contributed by atoms with Crippen molar-refractivity contribution < 1.29 is 9.53 Å². The number of ether oxygens (including phenoxy) is 1. The van der Waals surface area contributed by atoms with Crippen LogP contribution in [0.2, 0.25) is 5.02 Å². The third-order valence-electron chi connectivity index (χ3n) is 3.68. The standard InChI is InChI=1S/C20H16ClNO2/c1-14-18(21)8-5-9-19(14)22-20(23)24-17-12-10-16(11-13-17)15-6-3-2-4-7-15/h2-13H,1H3,(H,22,23). The fourth-order valence-corrected chi connectivity index (χ4v) is 2.51. The molecule has 3 aromatic rings. The molecule has 0 aliphatic rings. The highest BCUT2D eigenvalue weighted by Gasteiger charge is 2.09. The summed E-state index contributed by atoms with van der Waals surface area (Å²) in [6, 6.07) is 22.7. The van der Waals surface area contributed by atoms with Crippen LogP contribution in [0.3, 0.4) is 0 Å². The van der Waals surface area contributed by atoms with E-state index in [0.29, 0.717) is 16.5 Å². The molecule has 24 heavy (non-hydrogen) atoms. The highest BCUT2D eigenvalue weighted by molar-refractivity contribution is 6.31. The molecule has 0 heterocycles. The number of rotatable bonds is 3. The van der Waals surface area contributed by atoms with E-state index in [1.807, 2.05) is 49.4 Å². The minimum absolute atomic E-state index is 0.479. The van der Waals surface area contributed by atoms with Gasteiger partial charge in [-0.05, 0) is 47.9 Å². The lowest BCUT2D eigenvalue weighted by Gasteiger charge is -2.10. The van der Waals surface area contributed by atoms with E-state index in [0.717, 1.165) is 16.7 Å². The van der Waals surface area contributed by atoms with E-state index < -0.39 is 6.09 Å². The summed E-state index contributed by atoms with van der Waals surface area (Å²) < 4.78 is 5.31. The van der Waals surface area contributed by atoms with Gasteiger partial charge in [-0.25, -0.2) is 4.79 Å². The minimum Gasteiger partial charge on any atom is -0.410 e. The van der Waals surface area contributed by atoms with Crippen LogP contribution in [-0.2, 0) is 0 Å². The Morgan fingerprint density at radius 2 is 1.54 bits per heavy atom. The highest BCUT2D eigenvalue weighted by Crippen LogP contribution is 2.24. The Kier molecular flexibility index (Phi) is 4.82. The Bertz CT molecular complexity index is 845. The predicted octanol–water partition coefficient (Wildman–Crippen LogP) is 5.93. The zero-order valence-electron chi connectivity index (χ0n) is 13.1. The van der Waals surface area contributed by atoms with Gasteiger partial charge in [-0.1, -0.05) is 60.1 Å².